The number of aromatic nitrogens is 3. The Labute approximate surface area is 186 Å². The number of para-hydroxylation sites is 1. The number of anilines is 1. The zero-order valence-electron chi connectivity index (χ0n) is 18.2. The van der Waals surface area contributed by atoms with E-state index in [1.54, 1.807) is 23.0 Å². The smallest absolute Gasteiger partial charge is 0.278 e. The molecule has 4 heterocycles. The van der Waals surface area contributed by atoms with Crippen LogP contribution in [0.25, 0.3) is 11.3 Å². The summed E-state index contributed by atoms with van der Waals surface area (Å²) in [7, 11) is 1.81. The molecule has 1 aromatic carbocycles. The predicted octanol–water partition coefficient (Wildman–Crippen LogP) is 2.93. The number of amidine groups is 1. The number of nitrogens with zero attached hydrogens (tertiary/aromatic N) is 5. The molecule has 5 rings (SSSR count). The van der Waals surface area contributed by atoms with E-state index in [0.29, 0.717) is 61.1 Å². The number of benzene rings is 1. The van der Waals surface area contributed by atoms with Crippen LogP contribution in [0.1, 0.15) is 34.5 Å². The minimum atomic E-state index is -0.578. The van der Waals surface area contributed by atoms with E-state index in [1.165, 1.54) is 0 Å². The third-order valence-electron chi connectivity index (χ3n) is 5.85. The predicted molar refractivity (Wildman–Crippen MR) is 121 cm³/mol. The van der Waals surface area contributed by atoms with E-state index in [1.807, 2.05) is 43.1 Å². The van der Waals surface area contributed by atoms with E-state index in [0.717, 1.165) is 16.8 Å². The fourth-order valence-corrected chi connectivity index (χ4v) is 4.31. The lowest BCUT2D eigenvalue weighted by Gasteiger charge is -2.23. The van der Waals surface area contributed by atoms with Gasteiger partial charge in [-0.25, -0.2) is 4.68 Å². The maximum Gasteiger partial charge on any atom is 0.278 e. The van der Waals surface area contributed by atoms with Gasteiger partial charge in [-0.05, 0) is 43.5 Å². The van der Waals surface area contributed by atoms with Gasteiger partial charge in [0, 0.05) is 30.4 Å². The molecule has 0 spiro atoms. The molecule has 0 saturated heterocycles. The SMILES string of the molecule is Cc1cc2cc(n1)-c1cnn(C)c1OCCC[C@@H](O)CN1C(=NC2=O)Cc2ccccc21. The molecule has 0 radical (unpaired) electrons. The van der Waals surface area contributed by atoms with Crippen molar-refractivity contribution in [3.8, 4) is 17.1 Å². The number of fused-ring (bicyclic) bond motifs is 7. The van der Waals surface area contributed by atoms with Crippen LogP contribution in [0.4, 0.5) is 5.69 Å². The highest BCUT2D eigenvalue weighted by Gasteiger charge is 2.28. The molecule has 2 aromatic heterocycles. The minimum absolute atomic E-state index is 0.333. The summed E-state index contributed by atoms with van der Waals surface area (Å²) in [5.74, 6) is 0.909. The van der Waals surface area contributed by atoms with Gasteiger partial charge in [-0.3, -0.25) is 9.78 Å². The molecular weight excluding hydrogens is 406 g/mol. The number of ether oxygens (including phenoxy) is 1. The Morgan fingerprint density at radius 3 is 2.94 bits per heavy atom. The molecule has 0 unspecified atom stereocenters. The van der Waals surface area contributed by atoms with Gasteiger partial charge in [-0.2, -0.15) is 10.1 Å². The Morgan fingerprint density at radius 1 is 1.22 bits per heavy atom. The molecule has 1 atom stereocenters. The van der Waals surface area contributed by atoms with Crippen LogP contribution in [0.5, 0.6) is 5.88 Å². The first kappa shape index (κ1) is 20.4. The van der Waals surface area contributed by atoms with E-state index >= 15 is 0 Å². The highest BCUT2D eigenvalue weighted by molar-refractivity contribution is 6.12. The summed E-state index contributed by atoms with van der Waals surface area (Å²) < 4.78 is 7.67. The molecule has 3 aromatic rings. The number of aliphatic imine (C=N–C) groups is 1. The Balaban J connectivity index is 1.60. The number of aliphatic hydroxyl groups is 1. The summed E-state index contributed by atoms with van der Waals surface area (Å²) in [6.07, 6.45) is 2.92. The van der Waals surface area contributed by atoms with Gasteiger partial charge < -0.3 is 14.7 Å². The van der Waals surface area contributed by atoms with E-state index in [-0.39, 0.29) is 5.91 Å². The number of hydrogen-bond acceptors (Lipinski definition) is 6. The van der Waals surface area contributed by atoms with Crippen molar-refractivity contribution in [3.63, 3.8) is 0 Å². The molecule has 0 fully saturated rings. The Morgan fingerprint density at radius 2 is 2.06 bits per heavy atom. The van der Waals surface area contributed by atoms with E-state index < -0.39 is 6.10 Å². The van der Waals surface area contributed by atoms with Crippen LogP contribution in [0.15, 0.2) is 47.6 Å². The lowest BCUT2D eigenvalue weighted by atomic mass is 10.1. The number of hydrogen-bond donors (Lipinski definition) is 1. The standard InChI is InChI=1S/C24H25N5O3/c1-15-10-17-11-20(26-15)19-13-25-28(2)24(19)32-9-5-7-18(30)14-29-21-8-4-3-6-16(21)12-22(29)27-23(17)31/h3-4,6,8,10-11,13,18,30H,5,7,9,12,14H2,1-2H3/t18-/m1/s1. The number of aryl methyl sites for hydroxylation is 2. The summed E-state index contributed by atoms with van der Waals surface area (Å²) in [6.45, 7) is 2.67. The fraction of sp³-hybridized carbons (Fsp3) is 0.333. The van der Waals surface area contributed by atoms with Crippen LogP contribution in [0.3, 0.4) is 0 Å². The molecule has 2 bridgehead atoms. The fourth-order valence-electron chi connectivity index (χ4n) is 4.31. The van der Waals surface area contributed by atoms with Gasteiger partial charge in [0.05, 0.1) is 36.7 Å². The molecule has 0 aliphatic carbocycles. The average Bonchev–Trinajstić information content (AvgIpc) is 3.30. The van der Waals surface area contributed by atoms with Gasteiger partial charge in [0.25, 0.3) is 5.91 Å². The van der Waals surface area contributed by atoms with Crippen molar-refractivity contribution in [2.45, 2.75) is 32.3 Å². The van der Waals surface area contributed by atoms with Crippen molar-refractivity contribution >= 4 is 17.4 Å². The van der Waals surface area contributed by atoms with E-state index in [4.69, 9.17) is 4.74 Å². The van der Waals surface area contributed by atoms with Gasteiger partial charge in [0.1, 0.15) is 5.84 Å². The molecule has 2 aliphatic rings. The zero-order chi connectivity index (χ0) is 22.2. The molecule has 164 valence electrons. The third kappa shape index (κ3) is 3.78. The number of aliphatic hydroxyl groups excluding tert-OH is 1. The molecule has 8 heteroatoms. The van der Waals surface area contributed by atoms with Crippen LogP contribution < -0.4 is 9.64 Å². The topological polar surface area (TPSA) is 92.8 Å². The van der Waals surface area contributed by atoms with Crippen LogP contribution in [0, 0.1) is 6.92 Å². The van der Waals surface area contributed by atoms with Crippen molar-refractivity contribution < 1.29 is 14.6 Å². The lowest BCUT2D eigenvalue weighted by Crippen LogP contribution is -2.35. The van der Waals surface area contributed by atoms with Gasteiger partial charge >= 0.3 is 0 Å². The Bertz CT molecular complexity index is 1220. The van der Waals surface area contributed by atoms with Gasteiger partial charge in [0.15, 0.2) is 0 Å². The summed E-state index contributed by atoms with van der Waals surface area (Å²) in [6, 6.07) is 11.5. The average molecular weight is 431 g/mol. The second-order valence-electron chi connectivity index (χ2n) is 8.26. The summed E-state index contributed by atoms with van der Waals surface area (Å²) in [5, 5.41) is 15.0. The molecule has 32 heavy (non-hydrogen) atoms. The van der Waals surface area contributed by atoms with E-state index in [2.05, 4.69) is 15.1 Å². The number of carbonyl (C=O) groups excluding carboxylic acids is 1. The molecule has 2 aliphatic heterocycles. The third-order valence-corrected chi connectivity index (χ3v) is 5.85. The number of pyridine rings is 1. The van der Waals surface area contributed by atoms with Gasteiger partial charge in [-0.1, -0.05) is 18.2 Å². The van der Waals surface area contributed by atoms with Crippen LogP contribution in [-0.4, -0.2) is 50.9 Å². The normalized spacial score (nSPS) is 18.6. The van der Waals surface area contributed by atoms with Crippen molar-refractivity contribution in [2.75, 3.05) is 18.1 Å². The second kappa shape index (κ2) is 8.20. The molecule has 0 saturated carbocycles. The van der Waals surface area contributed by atoms with Crippen LogP contribution >= 0.6 is 0 Å². The van der Waals surface area contributed by atoms with Crippen LogP contribution in [0.2, 0.25) is 0 Å². The zero-order valence-corrected chi connectivity index (χ0v) is 18.2. The van der Waals surface area contributed by atoms with Crippen molar-refractivity contribution in [2.24, 2.45) is 12.0 Å². The highest BCUT2D eigenvalue weighted by atomic mass is 16.5. The first-order valence-electron chi connectivity index (χ1n) is 10.8. The van der Waals surface area contributed by atoms with Crippen molar-refractivity contribution in [1.82, 2.24) is 14.8 Å². The Kier molecular flexibility index (Phi) is 5.22. The molecular formula is C24H25N5O3. The largest absolute Gasteiger partial charge is 0.477 e. The first-order chi connectivity index (χ1) is 15.5. The summed E-state index contributed by atoms with van der Waals surface area (Å²) >= 11 is 0. The minimum Gasteiger partial charge on any atom is -0.477 e. The monoisotopic (exact) mass is 431 g/mol. The first-order valence-corrected chi connectivity index (χ1v) is 10.8. The quantitative estimate of drug-likeness (QED) is 0.588. The summed E-state index contributed by atoms with van der Waals surface area (Å²) in [5.41, 5.74) is 4.61. The van der Waals surface area contributed by atoms with Gasteiger partial charge in [-0.15, -0.1) is 0 Å². The Hall–Kier alpha value is -3.52. The van der Waals surface area contributed by atoms with Crippen molar-refractivity contribution in [3.05, 3.63) is 59.4 Å². The van der Waals surface area contributed by atoms with Gasteiger partial charge in [0.2, 0.25) is 5.88 Å². The maximum atomic E-state index is 13.2. The molecule has 8 nitrogen and oxygen atoms in total. The molecule has 1 N–H and O–H groups in total. The lowest BCUT2D eigenvalue weighted by molar-refractivity contribution is 0.100. The maximum absolute atomic E-state index is 13.2. The number of rotatable bonds is 0. The number of carbonyl (C=O) groups is 1. The van der Waals surface area contributed by atoms with E-state index in [9.17, 15) is 9.90 Å². The highest BCUT2D eigenvalue weighted by Crippen LogP contribution is 2.32. The second-order valence-corrected chi connectivity index (χ2v) is 8.26. The van der Waals surface area contributed by atoms with Crippen LogP contribution in [-0.2, 0) is 13.5 Å². The summed E-state index contributed by atoms with van der Waals surface area (Å²) in [4.78, 5) is 24.3. The van der Waals surface area contributed by atoms with Crippen molar-refractivity contribution in [1.29, 1.82) is 0 Å². The molecule has 1 amide bonds. The number of amides is 1.